The standard InChI is InChI=1S/C21H25NO4S/c1-14(2)27(25,26)22-20-5-3-4-19(20)17-10-6-15(7-11-17)16-8-12-18(13-9-16)21(23)24/h6-14,19-20,22H,3-5H2,1-2H3,(H,23,24)/t19-,20+/m0/s1. The van der Waals surface area contributed by atoms with Crippen molar-refractivity contribution in [1.82, 2.24) is 4.72 Å². The summed E-state index contributed by atoms with van der Waals surface area (Å²) in [6.07, 6.45) is 2.83. The van der Waals surface area contributed by atoms with Crippen LogP contribution in [0.4, 0.5) is 0 Å². The minimum Gasteiger partial charge on any atom is -0.478 e. The predicted molar refractivity (Wildman–Crippen MR) is 106 cm³/mol. The fourth-order valence-corrected chi connectivity index (χ4v) is 4.55. The molecule has 0 amide bonds. The Labute approximate surface area is 160 Å². The van der Waals surface area contributed by atoms with Crippen LogP contribution in [0.2, 0.25) is 0 Å². The minimum absolute atomic E-state index is 0.0573. The Kier molecular flexibility index (Phi) is 5.67. The van der Waals surface area contributed by atoms with Gasteiger partial charge in [0.2, 0.25) is 10.0 Å². The van der Waals surface area contributed by atoms with Crippen molar-refractivity contribution in [1.29, 1.82) is 0 Å². The third-order valence-electron chi connectivity index (χ3n) is 5.26. The van der Waals surface area contributed by atoms with Gasteiger partial charge in [0.25, 0.3) is 0 Å². The number of nitrogens with one attached hydrogen (secondary N) is 1. The van der Waals surface area contributed by atoms with Crippen LogP contribution in [0, 0.1) is 0 Å². The van der Waals surface area contributed by atoms with Crippen molar-refractivity contribution in [2.24, 2.45) is 0 Å². The van der Waals surface area contributed by atoms with Crippen molar-refractivity contribution < 1.29 is 18.3 Å². The summed E-state index contributed by atoms with van der Waals surface area (Å²) < 4.78 is 27.3. The fraction of sp³-hybridized carbons (Fsp3) is 0.381. The first-order valence-electron chi connectivity index (χ1n) is 9.23. The van der Waals surface area contributed by atoms with Crippen LogP contribution in [0.25, 0.3) is 11.1 Å². The number of sulfonamides is 1. The molecule has 1 fully saturated rings. The number of hydrogen-bond acceptors (Lipinski definition) is 3. The predicted octanol–water partition coefficient (Wildman–Crippen LogP) is 4.02. The summed E-state index contributed by atoms with van der Waals surface area (Å²) in [5.41, 5.74) is 3.36. The molecule has 6 heteroatoms. The average Bonchev–Trinajstić information content (AvgIpc) is 3.09. The Morgan fingerprint density at radius 2 is 1.56 bits per heavy atom. The highest BCUT2D eigenvalue weighted by atomic mass is 32.2. The van der Waals surface area contributed by atoms with E-state index >= 15 is 0 Å². The topological polar surface area (TPSA) is 83.5 Å². The molecule has 2 aromatic rings. The second-order valence-electron chi connectivity index (χ2n) is 7.36. The van der Waals surface area contributed by atoms with Gasteiger partial charge >= 0.3 is 5.97 Å². The van der Waals surface area contributed by atoms with Gasteiger partial charge in [-0.1, -0.05) is 42.8 Å². The van der Waals surface area contributed by atoms with Gasteiger partial charge in [0, 0.05) is 12.0 Å². The van der Waals surface area contributed by atoms with Gasteiger partial charge in [-0.25, -0.2) is 17.9 Å². The van der Waals surface area contributed by atoms with Gasteiger partial charge in [0.15, 0.2) is 0 Å². The van der Waals surface area contributed by atoms with E-state index in [4.69, 9.17) is 5.11 Å². The second kappa shape index (κ2) is 7.82. The first kappa shape index (κ1) is 19.6. The van der Waals surface area contributed by atoms with Crippen LogP contribution < -0.4 is 4.72 Å². The van der Waals surface area contributed by atoms with Crippen LogP contribution in [0.3, 0.4) is 0 Å². The molecule has 144 valence electrons. The highest BCUT2D eigenvalue weighted by Crippen LogP contribution is 2.36. The van der Waals surface area contributed by atoms with Gasteiger partial charge < -0.3 is 5.11 Å². The highest BCUT2D eigenvalue weighted by Gasteiger charge is 2.32. The number of aromatic carboxylic acids is 1. The van der Waals surface area contributed by atoms with E-state index in [9.17, 15) is 13.2 Å². The number of carboxylic acid groups (broad SMARTS) is 1. The monoisotopic (exact) mass is 387 g/mol. The van der Waals surface area contributed by atoms with Gasteiger partial charge in [0.1, 0.15) is 0 Å². The van der Waals surface area contributed by atoms with E-state index in [1.54, 1.807) is 38.1 Å². The van der Waals surface area contributed by atoms with E-state index in [0.717, 1.165) is 36.0 Å². The SMILES string of the molecule is CC(C)S(=O)(=O)N[C@@H]1CCC[C@H]1c1ccc(-c2ccc(C(=O)O)cc2)cc1. The maximum Gasteiger partial charge on any atom is 0.335 e. The summed E-state index contributed by atoms with van der Waals surface area (Å²) in [5.74, 6) is -0.755. The summed E-state index contributed by atoms with van der Waals surface area (Å²) >= 11 is 0. The summed E-state index contributed by atoms with van der Waals surface area (Å²) in [6, 6.07) is 14.9. The lowest BCUT2D eigenvalue weighted by Gasteiger charge is -2.23. The third kappa shape index (κ3) is 4.39. The van der Waals surface area contributed by atoms with Crippen LogP contribution in [0.1, 0.15) is 54.9 Å². The van der Waals surface area contributed by atoms with Crippen LogP contribution in [0.5, 0.6) is 0 Å². The Bertz CT molecular complexity index is 902. The highest BCUT2D eigenvalue weighted by molar-refractivity contribution is 7.90. The lowest BCUT2D eigenvalue weighted by Crippen LogP contribution is -2.40. The molecule has 0 bridgehead atoms. The molecule has 0 heterocycles. The summed E-state index contributed by atoms with van der Waals surface area (Å²) in [5, 5.41) is 8.56. The Morgan fingerprint density at radius 3 is 2.07 bits per heavy atom. The van der Waals surface area contributed by atoms with Gasteiger partial charge in [-0.05, 0) is 55.5 Å². The minimum atomic E-state index is -3.28. The molecule has 5 nitrogen and oxygen atoms in total. The molecule has 3 rings (SSSR count). The molecule has 1 saturated carbocycles. The summed E-state index contributed by atoms with van der Waals surface area (Å²) in [7, 11) is -3.28. The average molecular weight is 388 g/mol. The largest absolute Gasteiger partial charge is 0.478 e. The van der Waals surface area contributed by atoms with Crippen LogP contribution in [-0.2, 0) is 10.0 Å². The zero-order valence-electron chi connectivity index (χ0n) is 15.6. The molecule has 0 aromatic heterocycles. The van der Waals surface area contributed by atoms with Gasteiger partial charge in [-0.15, -0.1) is 0 Å². The van der Waals surface area contributed by atoms with Gasteiger partial charge in [-0.2, -0.15) is 0 Å². The number of rotatable bonds is 6. The molecule has 0 saturated heterocycles. The van der Waals surface area contributed by atoms with Crippen molar-refractivity contribution >= 4 is 16.0 Å². The van der Waals surface area contributed by atoms with Crippen molar-refractivity contribution in [2.45, 2.75) is 50.3 Å². The number of hydrogen-bond donors (Lipinski definition) is 2. The van der Waals surface area contributed by atoms with E-state index in [1.165, 1.54) is 0 Å². The van der Waals surface area contributed by atoms with Gasteiger partial charge in [0.05, 0.1) is 10.8 Å². The molecule has 2 N–H and O–H groups in total. The molecular formula is C21H25NO4S. The number of carbonyl (C=O) groups is 1. The number of benzene rings is 2. The Morgan fingerprint density at radius 1 is 1.00 bits per heavy atom. The zero-order chi connectivity index (χ0) is 19.6. The molecular weight excluding hydrogens is 362 g/mol. The van der Waals surface area contributed by atoms with E-state index in [-0.39, 0.29) is 17.5 Å². The lowest BCUT2D eigenvalue weighted by atomic mass is 9.92. The quantitative estimate of drug-likeness (QED) is 0.784. The summed E-state index contributed by atoms with van der Waals surface area (Å²) in [6.45, 7) is 3.38. The lowest BCUT2D eigenvalue weighted by molar-refractivity contribution is 0.0697. The smallest absolute Gasteiger partial charge is 0.335 e. The first-order valence-corrected chi connectivity index (χ1v) is 10.8. The molecule has 1 aliphatic carbocycles. The molecule has 2 atom stereocenters. The van der Waals surface area contributed by atoms with Crippen molar-refractivity contribution in [3.05, 3.63) is 59.7 Å². The van der Waals surface area contributed by atoms with Crippen molar-refractivity contribution in [2.75, 3.05) is 0 Å². The molecule has 1 aliphatic rings. The Hall–Kier alpha value is -2.18. The molecule has 0 unspecified atom stereocenters. The van der Waals surface area contributed by atoms with Crippen LogP contribution in [-0.4, -0.2) is 30.8 Å². The van der Waals surface area contributed by atoms with Crippen LogP contribution in [0.15, 0.2) is 48.5 Å². The fourth-order valence-electron chi connectivity index (χ4n) is 3.58. The van der Waals surface area contributed by atoms with Crippen LogP contribution >= 0.6 is 0 Å². The molecule has 2 aromatic carbocycles. The first-order chi connectivity index (χ1) is 12.8. The molecule has 0 radical (unpaired) electrons. The van der Waals surface area contributed by atoms with Crippen molar-refractivity contribution in [3.8, 4) is 11.1 Å². The molecule has 27 heavy (non-hydrogen) atoms. The van der Waals surface area contributed by atoms with E-state index in [0.29, 0.717) is 0 Å². The Balaban J connectivity index is 1.77. The maximum atomic E-state index is 12.2. The van der Waals surface area contributed by atoms with Gasteiger partial charge in [-0.3, -0.25) is 0 Å². The van der Waals surface area contributed by atoms with Crippen molar-refractivity contribution in [3.63, 3.8) is 0 Å². The second-order valence-corrected chi connectivity index (χ2v) is 9.63. The third-order valence-corrected chi connectivity index (χ3v) is 7.13. The molecule has 0 aliphatic heterocycles. The number of carboxylic acids is 1. The maximum absolute atomic E-state index is 12.2. The zero-order valence-corrected chi connectivity index (χ0v) is 16.4. The normalized spacial score (nSPS) is 20.1. The van der Waals surface area contributed by atoms with E-state index in [1.807, 2.05) is 24.3 Å². The summed E-state index contributed by atoms with van der Waals surface area (Å²) in [4.78, 5) is 11.0. The van der Waals surface area contributed by atoms with E-state index < -0.39 is 21.2 Å². The van der Waals surface area contributed by atoms with E-state index in [2.05, 4.69) is 4.72 Å². The molecule has 0 spiro atoms.